The Kier molecular flexibility index (Phi) is 9.99. The first-order chi connectivity index (χ1) is 20.5. The molecular weight excluding hydrogens is 607 g/mol. The minimum atomic E-state index is -2.06. The normalized spacial score (nSPS) is 21.6. The molecule has 1 aliphatic rings. The summed E-state index contributed by atoms with van der Waals surface area (Å²) in [6, 6.07) is 30.1. The van der Waals surface area contributed by atoms with Gasteiger partial charge < -0.3 is 19.9 Å². The number of aliphatic hydroxyl groups is 1. The van der Waals surface area contributed by atoms with Crippen LogP contribution in [0.15, 0.2) is 91.0 Å². The van der Waals surface area contributed by atoms with Crippen LogP contribution < -0.4 is 5.32 Å². The summed E-state index contributed by atoms with van der Waals surface area (Å²) in [5.74, 6) is -0.704. The lowest BCUT2D eigenvalue weighted by atomic mass is 9.89. The third-order valence-corrected chi connectivity index (χ3v) is 8.72. The number of nitrogens with one attached hydrogen (secondary N) is 1. The van der Waals surface area contributed by atoms with Crippen LogP contribution >= 0.6 is 34.8 Å². The molecule has 2 N–H and O–H groups in total. The molecule has 0 saturated carbocycles. The maximum Gasteiger partial charge on any atom is 0.276 e. The first-order valence-electron chi connectivity index (χ1n) is 14.2. The van der Waals surface area contributed by atoms with Gasteiger partial charge in [0.05, 0.1) is 18.8 Å². The second-order valence-electron chi connectivity index (χ2n) is 11.1. The third-order valence-electron chi connectivity index (χ3n) is 8.21. The second kappa shape index (κ2) is 13.5. The van der Waals surface area contributed by atoms with E-state index in [9.17, 15) is 9.90 Å². The van der Waals surface area contributed by atoms with Gasteiger partial charge in [-0.2, -0.15) is 0 Å². The Balaban J connectivity index is 1.38. The minimum absolute atomic E-state index is 0.0195. The van der Waals surface area contributed by atoms with E-state index in [1.807, 2.05) is 36.4 Å². The molecule has 6 nitrogen and oxygen atoms in total. The van der Waals surface area contributed by atoms with Gasteiger partial charge in [-0.3, -0.25) is 9.69 Å². The lowest BCUT2D eigenvalue weighted by Crippen LogP contribution is -2.44. The van der Waals surface area contributed by atoms with Crippen molar-refractivity contribution in [3.8, 4) is 0 Å². The number of hydrogen-bond acceptors (Lipinski definition) is 5. The molecule has 0 aliphatic carbocycles. The van der Waals surface area contributed by atoms with Gasteiger partial charge >= 0.3 is 0 Å². The molecule has 0 bridgehead atoms. The molecule has 1 heterocycles. The fourth-order valence-electron chi connectivity index (χ4n) is 5.42. The molecule has 9 heteroatoms. The number of fused-ring (bicyclic) bond motifs is 1. The zero-order valence-corrected chi connectivity index (χ0v) is 26.5. The van der Waals surface area contributed by atoms with E-state index in [2.05, 4.69) is 73.6 Å². The monoisotopic (exact) mass is 640 g/mol. The standard InChI is InChI=1S/C34H35Cl3N2O4/c1-21-30(19-39(3)22(2)27-13-12-24-6-4-5-7-28(24)18-27)42-32(43-31(21)25-10-8-23(20-40)9-11-25)26-14-16-29(17-15-26)38-33(41)34(35,36)37/h4-18,21-22,30-32,40H,19-20H2,1-3H3,(H,38,41). The Morgan fingerprint density at radius 2 is 1.58 bits per heavy atom. The number of hydrogen-bond donors (Lipinski definition) is 2. The van der Waals surface area contributed by atoms with Crippen molar-refractivity contribution in [1.82, 2.24) is 4.90 Å². The van der Waals surface area contributed by atoms with Crippen LogP contribution in [0, 0.1) is 5.92 Å². The molecule has 43 heavy (non-hydrogen) atoms. The van der Waals surface area contributed by atoms with Crippen LogP contribution in [0.1, 0.15) is 54.5 Å². The molecule has 5 unspecified atom stereocenters. The van der Waals surface area contributed by atoms with E-state index < -0.39 is 16.0 Å². The van der Waals surface area contributed by atoms with Crippen molar-refractivity contribution >= 4 is 57.2 Å². The van der Waals surface area contributed by atoms with Crippen LogP contribution in [-0.4, -0.2) is 39.4 Å². The summed E-state index contributed by atoms with van der Waals surface area (Å²) in [6.07, 6.45) is -1.05. The maximum absolute atomic E-state index is 12.1. The molecule has 1 amide bonds. The van der Waals surface area contributed by atoms with Crippen LogP contribution in [0.25, 0.3) is 10.8 Å². The molecule has 4 aromatic carbocycles. The Bertz CT molecular complexity index is 1540. The zero-order chi connectivity index (χ0) is 30.7. The molecule has 0 aromatic heterocycles. The fourth-order valence-corrected chi connectivity index (χ4v) is 5.56. The number of anilines is 1. The summed E-state index contributed by atoms with van der Waals surface area (Å²) in [7, 11) is 2.12. The molecule has 0 spiro atoms. The number of ether oxygens (including phenoxy) is 2. The van der Waals surface area contributed by atoms with Crippen LogP contribution in [0.3, 0.4) is 0 Å². The van der Waals surface area contributed by atoms with E-state index in [0.717, 1.165) is 16.7 Å². The van der Waals surface area contributed by atoms with Crippen LogP contribution in [0.2, 0.25) is 0 Å². The first-order valence-corrected chi connectivity index (χ1v) is 15.3. The van der Waals surface area contributed by atoms with Gasteiger partial charge in [-0.25, -0.2) is 0 Å². The quantitative estimate of drug-likeness (QED) is 0.190. The van der Waals surface area contributed by atoms with E-state index in [1.54, 1.807) is 12.1 Å². The Labute approximate surface area is 267 Å². The predicted octanol–water partition coefficient (Wildman–Crippen LogP) is 8.13. The highest BCUT2D eigenvalue weighted by Crippen LogP contribution is 2.42. The predicted molar refractivity (Wildman–Crippen MR) is 173 cm³/mol. The number of benzene rings is 4. The van der Waals surface area contributed by atoms with E-state index in [1.165, 1.54) is 16.3 Å². The van der Waals surface area contributed by atoms with Gasteiger partial charge in [0, 0.05) is 29.8 Å². The summed E-state index contributed by atoms with van der Waals surface area (Å²) in [6.45, 7) is 5.02. The van der Waals surface area contributed by atoms with Gasteiger partial charge in [-0.1, -0.05) is 115 Å². The maximum atomic E-state index is 12.1. The molecule has 226 valence electrons. The van der Waals surface area contributed by atoms with Gasteiger partial charge in [0.2, 0.25) is 0 Å². The zero-order valence-electron chi connectivity index (χ0n) is 24.2. The molecule has 5 rings (SSSR count). The Hall–Kier alpha value is -2.68. The molecule has 5 atom stereocenters. The number of rotatable bonds is 8. The van der Waals surface area contributed by atoms with Crippen LogP contribution in [0.5, 0.6) is 0 Å². The third kappa shape index (κ3) is 7.52. The Morgan fingerprint density at radius 1 is 0.930 bits per heavy atom. The number of halogens is 3. The van der Waals surface area contributed by atoms with Crippen molar-refractivity contribution < 1.29 is 19.4 Å². The lowest BCUT2D eigenvalue weighted by molar-refractivity contribution is -0.276. The van der Waals surface area contributed by atoms with E-state index in [4.69, 9.17) is 44.3 Å². The average Bonchev–Trinajstić information content (AvgIpc) is 3.01. The van der Waals surface area contributed by atoms with Crippen LogP contribution in [-0.2, 0) is 20.9 Å². The highest BCUT2D eigenvalue weighted by atomic mass is 35.6. The molecular formula is C34H35Cl3N2O4. The molecule has 1 saturated heterocycles. The number of likely N-dealkylation sites (N-methyl/N-ethyl adjacent to an activating group) is 1. The Morgan fingerprint density at radius 3 is 2.23 bits per heavy atom. The van der Waals surface area contributed by atoms with Crippen molar-refractivity contribution in [1.29, 1.82) is 0 Å². The van der Waals surface area contributed by atoms with Crippen molar-refractivity contribution in [2.45, 2.75) is 48.8 Å². The number of carbonyl (C=O) groups is 1. The number of alkyl halides is 3. The number of carbonyl (C=O) groups excluding carboxylic acids is 1. The second-order valence-corrected chi connectivity index (χ2v) is 13.4. The van der Waals surface area contributed by atoms with Crippen molar-refractivity contribution in [3.05, 3.63) is 113 Å². The first kappa shape index (κ1) is 31.7. The SMILES string of the molecule is CC1C(CN(C)C(C)c2ccc3ccccc3c2)OC(c2ccc(NC(=O)C(Cl)(Cl)Cl)cc2)OC1c1ccc(CO)cc1. The summed E-state index contributed by atoms with van der Waals surface area (Å²) >= 11 is 17.1. The summed E-state index contributed by atoms with van der Waals surface area (Å²) in [4.78, 5) is 14.4. The summed E-state index contributed by atoms with van der Waals surface area (Å²) in [5, 5.41) is 14.6. The van der Waals surface area contributed by atoms with Gasteiger partial charge in [-0.05, 0) is 59.6 Å². The number of amides is 1. The van der Waals surface area contributed by atoms with Crippen molar-refractivity contribution in [3.63, 3.8) is 0 Å². The highest BCUT2D eigenvalue weighted by molar-refractivity contribution is 6.76. The molecule has 4 aromatic rings. The smallest absolute Gasteiger partial charge is 0.276 e. The molecule has 1 fully saturated rings. The summed E-state index contributed by atoms with van der Waals surface area (Å²) in [5.41, 5.74) is 4.38. The minimum Gasteiger partial charge on any atom is -0.392 e. The van der Waals surface area contributed by atoms with E-state index >= 15 is 0 Å². The van der Waals surface area contributed by atoms with E-state index in [0.29, 0.717) is 12.2 Å². The lowest BCUT2D eigenvalue weighted by Gasteiger charge is -2.43. The van der Waals surface area contributed by atoms with Gasteiger partial charge in [-0.15, -0.1) is 0 Å². The molecule has 1 aliphatic heterocycles. The number of nitrogens with zero attached hydrogens (tertiary/aromatic N) is 1. The van der Waals surface area contributed by atoms with Crippen molar-refractivity contribution in [2.24, 2.45) is 5.92 Å². The number of aliphatic hydroxyl groups excluding tert-OH is 1. The van der Waals surface area contributed by atoms with Gasteiger partial charge in [0.1, 0.15) is 0 Å². The van der Waals surface area contributed by atoms with Crippen molar-refractivity contribution in [2.75, 3.05) is 18.9 Å². The topological polar surface area (TPSA) is 71.0 Å². The fraction of sp³-hybridized carbons (Fsp3) is 0.324. The van der Waals surface area contributed by atoms with Gasteiger partial charge in [0.25, 0.3) is 9.70 Å². The average molecular weight is 642 g/mol. The largest absolute Gasteiger partial charge is 0.392 e. The van der Waals surface area contributed by atoms with Gasteiger partial charge in [0.15, 0.2) is 6.29 Å². The summed E-state index contributed by atoms with van der Waals surface area (Å²) < 4.78 is 11.1. The highest BCUT2D eigenvalue weighted by Gasteiger charge is 2.39. The van der Waals surface area contributed by atoms with E-state index in [-0.39, 0.29) is 30.8 Å². The van der Waals surface area contributed by atoms with Crippen LogP contribution in [0.4, 0.5) is 5.69 Å². The molecule has 0 radical (unpaired) electrons.